The normalized spacial score (nSPS) is 11.0. The van der Waals surface area contributed by atoms with Crippen LogP contribution < -0.4 is 4.74 Å². The molecule has 0 saturated carbocycles. The maximum Gasteiger partial charge on any atom is 0.338 e. The summed E-state index contributed by atoms with van der Waals surface area (Å²) in [6.07, 6.45) is 1.78. The Labute approximate surface area is 161 Å². The lowest BCUT2D eigenvalue weighted by Crippen LogP contribution is -2.06. The Balaban J connectivity index is 2.09. The SMILES string of the molecule is CC(C)COc1ccc(Cl)cc1-c1cccn1-c1ccc(F)c(C(=O)O)c1. The van der Waals surface area contributed by atoms with Crippen LogP contribution in [0.3, 0.4) is 0 Å². The molecule has 2 aromatic carbocycles. The number of benzene rings is 2. The Morgan fingerprint density at radius 2 is 2.00 bits per heavy atom. The van der Waals surface area contributed by atoms with Crippen LogP contribution in [-0.4, -0.2) is 22.2 Å². The van der Waals surface area contributed by atoms with Crippen LogP contribution in [-0.2, 0) is 0 Å². The summed E-state index contributed by atoms with van der Waals surface area (Å²) in [5.74, 6) is -1.06. The van der Waals surface area contributed by atoms with E-state index in [4.69, 9.17) is 16.3 Å². The Morgan fingerprint density at radius 3 is 2.70 bits per heavy atom. The van der Waals surface area contributed by atoms with Crippen molar-refractivity contribution in [1.29, 1.82) is 0 Å². The number of carbonyl (C=O) groups is 1. The van der Waals surface area contributed by atoms with E-state index in [2.05, 4.69) is 13.8 Å². The first-order chi connectivity index (χ1) is 12.9. The van der Waals surface area contributed by atoms with Crippen molar-refractivity contribution in [2.45, 2.75) is 13.8 Å². The molecule has 27 heavy (non-hydrogen) atoms. The van der Waals surface area contributed by atoms with E-state index in [1.54, 1.807) is 22.9 Å². The van der Waals surface area contributed by atoms with Crippen LogP contribution in [0.4, 0.5) is 4.39 Å². The fourth-order valence-corrected chi connectivity index (χ4v) is 2.91. The molecule has 1 N–H and O–H groups in total. The van der Waals surface area contributed by atoms with Crippen molar-refractivity contribution >= 4 is 17.6 Å². The Hall–Kier alpha value is -2.79. The lowest BCUT2D eigenvalue weighted by Gasteiger charge is -2.16. The van der Waals surface area contributed by atoms with Gasteiger partial charge in [-0.1, -0.05) is 25.4 Å². The number of aromatic nitrogens is 1. The van der Waals surface area contributed by atoms with E-state index in [0.717, 1.165) is 17.3 Å². The Bertz CT molecular complexity index is 981. The molecule has 0 unspecified atom stereocenters. The van der Waals surface area contributed by atoms with Crippen molar-refractivity contribution in [2.24, 2.45) is 5.92 Å². The van der Waals surface area contributed by atoms with Gasteiger partial charge in [-0.3, -0.25) is 0 Å². The second-order valence-electron chi connectivity index (χ2n) is 6.58. The number of nitrogens with zero attached hydrogens (tertiary/aromatic N) is 1. The molecule has 0 bridgehead atoms. The fourth-order valence-electron chi connectivity index (χ4n) is 2.74. The number of hydrogen-bond acceptors (Lipinski definition) is 2. The number of carboxylic acids is 1. The molecule has 0 amide bonds. The second-order valence-corrected chi connectivity index (χ2v) is 7.01. The van der Waals surface area contributed by atoms with E-state index in [9.17, 15) is 14.3 Å². The molecule has 4 nitrogen and oxygen atoms in total. The van der Waals surface area contributed by atoms with Gasteiger partial charge in [-0.2, -0.15) is 0 Å². The number of rotatable bonds is 6. The predicted octanol–water partition coefficient (Wildman–Crippen LogP) is 5.67. The molecule has 140 valence electrons. The second kappa shape index (κ2) is 7.84. The summed E-state index contributed by atoms with van der Waals surface area (Å²) in [5, 5.41) is 9.75. The highest BCUT2D eigenvalue weighted by molar-refractivity contribution is 6.31. The first-order valence-electron chi connectivity index (χ1n) is 8.50. The summed E-state index contributed by atoms with van der Waals surface area (Å²) < 4.78 is 21.5. The molecule has 0 aliphatic rings. The molecule has 3 rings (SSSR count). The quantitative estimate of drug-likeness (QED) is 0.592. The average molecular weight is 388 g/mol. The molecule has 0 atom stereocenters. The Morgan fingerprint density at radius 1 is 1.22 bits per heavy atom. The van der Waals surface area contributed by atoms with Crippen LogP contribution in [0.15, 0.2) is 54.7 Å². The molecule has 3 aromatic rings. The third-order valence-electron chi connectivity index (χ3n) is 4.00. The fraction of sp³-hybridized carbons (Fsp3) is 0.190. The summed E-state index contributed by atoms with van der Waals surface area (Å²) in [6, 6.07) is 13.1. The van der Waals surface area contributed by atoms with Gasteiger partial charge in [-0.05, 0) is 54.4 Å². The van der Waals surface area contributed by atoms with Gasteiger partial charge in [-0.25, -0.2) is 9.18 Å². The minimum atomic E-state index is -1.31. The van der Waals surface area contributed by atoms with E-state index < -0.39 is 11.8 Å². The van der Waals surface area contributed by atoms with Crippen molar-refractivity contribution in [3.8, 4) is 22.7 Å². The van der Waals surface area contributed by atoms with Crippen molar-refractivity contribution in [3.63, 3.8) is 0 Å². The van der Waals surface area contributed by atoms with Gasteiger partial charge in [0.05, 0.1) is 17.9 Å². The highest BCUT2D eigenvalue weighted by Crippen LogP contribution is 2.35. The van der Waals surface area contributed by atoms with E-state index in [0.29, 0.717) is 29.0 Å². The van der Waals surface area contributed by atoms with Gasteiger partial charge < -0.3 is 14.4 Å². The highest BCUT2D eigenvalue weighted by atomic mass is 35.5. The van der Waals surface area contributed by atoms with Gasteiger partial charge in [0.1, 0.15) is 11.6 Å². The van der Waals surface area contributed by atoms with Crippen LogP contribution in [0.1, 0.15) is 24.2 Å². The highest BCUT2D eigenvalue weighted by Gasteiger charge is 2.16. The zero-order valence-electron chi connectivity index (χ0n) is 14.9. The largest absolute Gasteiger partial charge is 0.493 e. The summed E-state index contributed by atoms with van der Waals surface area (Å²) in [7, 11) is 0. The van der Waals surface area contributed by atoms with E-state index in [1.807, 2.05) is 18.2 Å². The number of aromatic carboxylic acids is 1. The van der Waals surface area contributed by atoms with Crippen LogP contribution in [0, 0.1) is 11.7 Å². The standard InChI is InChI=1S/C21H19ClFNO3/c1-13(2)12-27-20-8-5-14(22)10-17(20)19-4-3-9-24(19)15-6-7-18(23)16(11-15)21(25)26/h3-11,13H,12H2,1-2H3,(H,25,26). The van der Waals surface area contributed by atoms with Crippen LogP contribution in [0.5, 0.6) is 5.75 Å². The Kier molecular flexibility index (Phi) is 5.51. The molecule has 0 fully saturated rings. The van der Waals surface area contributed by atoms with Gasteiger partial charge in [0.15, 0.2) is 0 Å². The molecule has 6 heteroatoms. The lowest BCUT2D eigenvalue weighted by atomic mass is 10.1. The zero-order valence-corrected chi connectivity index (χ0v) is 15.7. The smallest absolute Gasteiger partial charge is 0.338 e. The summed E-state index contributed by atoms with van der Waals surface area (Å²) in [6.45, 7) is 4.67. The van der Waals surface area contributed by atoms with Gasteiger partial charge in [-0.15, -0.1) is 0 Å². The monoisotopic (exact) mass is 387 g/mol. The minimum Gasteiger partial charge on any atom is -0.493 e. The van der Waals surface area contributed by atoms with E-state index in [-0.39, 0.29) is 5.56 Å². The van der Waals surface area contributed by atoms with E-state index >= 15 is 0 Å². The molecule has 1 aromatic heterocycles. The van der Waals surface area contributed by atoms with Gasteiger partial charge in [0.25, 0.3) is 0 Å². The molecular weight excluding hydrogens is 369 g/mol. The molecule has 1 heterocycles. The summed E-state index contributed by atoms with van der Waals surface area (Å²) in [4.78, 5) is 11.3. The number of carboxylic acid groups (broad SMARTS) is 1. The van der Waals surface area contributed by atoms with Crippen molar-refractivity contribution in [2.75, 3.05) is 6.61 Å². The number of hydrogen-bond donors (Lipinski definition) is 1. The van der Waals surface area contributed by atoms with Crippen LogP contribution >= 0.6 is 11.6 Å². The topological polar surface area (TPSA) is 51.5 Å². The van der Waals surface area contributed by atoms with Crippen molar-refractivity contribution in [1.82, 2.24) is 4.57 Å². The summed E-state index contributed by atoms with van der Waals surface area (Å²) >= 11 is 6.19. The number of ether oxygens (including phenoxy) is 1. The minimum absolute atomic E-state index is 0.357. The first kappa shape index (κ1) is 19.0. The number of halogens is 2. The first-order valence-corrected chi connectivity index (χ1v) is 8.88. The third-order valence-corrected chi connectivity index (χ3v) is 4.23. The average Bonchev–Trinajstić information content (AvgIpc) is 3.10. The molecule has 0 saturated heterocycles. The summed E-state index contributed by atoms with van der Waals surface area (Å²) in [5.41, 5.74) is 1.69. The zero-order chi connectivity index (χ0) is 19.6. The molecule has 0 aliphatic heterocycles. The maximum absolute atomic E-state index is 13.8. The van der Waals surface area contributed by atoms with Crippen molar-refractivity contribution < 1.29 is 19.0 Å². The van der Waals surface area contributed by atoms with Gasteiger partial charge in [0.2, 0.25) is 0 Å². The van der Waals surface area contributed by atoms with Crippen molar-refractivity contribution in [3.05, 3.63) is 71.1 Å². The lowest BCUT2D eigenvalue weighted by molar-refractivity contribution is 0.0692. The van der Waals surface area contributed by atoms with Crippen LogP contribution in [0.25, 0.3) is 16.9 Å². The van der Waals surface area contributed by atoms with Gasteiger partial charge >= 0.3 is 5.97 Å². The third kappa shape index (κ3) is 4.14. The molecular formula is C21H19ClFNO3. The molecule has 0 spiro atoms. The predicted molar refractivity (Wildman–Crippen MR) is 103 cm³/mol. The van der Waals surface area contributed by atoms with E-state index in [1.165, 1.54) is 12.1 Å². The molecule has 0 aliphatic carbocycles. The maximum atomic E-state index is 13.8. The van der Waals surface area contributed by atoms with Crippen LogP contribution in [0.2, 0.25) is 5.02 Å². The van der Waals surface area contributed by atoms with Gasteiger partial charge in [0, 0.05) is 22.5 Å². The molecule has 0 radical (unpaired) electrons.